The van der Waals surface area contributed by atoms with Gasteiger partial charge in [0.05, 0.1) is 12.7 Å². The minimum absolute atomic E-state index is 0.0649. The normalized spacial score (nSPS) is 17.9. The predicted octanol–water partition coefficient (Wildman–Crippen LogP) is 5.65. The first-order valence-electron chi connectivity index (χ1n) is 9.59. The van der Waals surface area contributed by atoms with Crippen LogP contribution >= 0.6 is 22.9 Å². The molecule has 0 aliphatic carbocycles. The zero-order valence-electron chi connectivity index (χ0n) is 17.2. The fourth-order valence-corrected chi connectivity index (χ4v) is 4.78. The van der Waals surface area contributed by atoms with Crippen molar-refractivity contribution in [3.8, 4) is 5.75 Å². The summed E-state index contributed by atoms with van der Waals surface area (Å²) in [6.07, 6.45) is 0. The molecule has 3 aromatic rings. The van der Waals surface area contributed by atoms with E-state index in [1.807, 2.05) is 31.4 Å². The summed E-state index contributed by atoms with van der Waals surface area (Å²) in [6, 6.07) is 13.3. The van der Waals surface area contributed by atoms with E-state index in [4.69, 9.17) is 16.3 Å². The van der Waals surface area contributed by atoms with Crippen molar-refractivity contribution in [2.24, 2.45) is 0 Å². The summed E-state index contributed by atoms with van der Waals surface area (Å²) in [6.45, 7) is 3.69. The zero-order valence-corrected chi connectivity index (χ0v) is 18.8. The van der Waals surface area contributed by atoms with Gasteiger partial charge in [0.25, 0.3) is 11.7 Å². The number of hydrogen-bond acceptors (Lipinski definition) is 5. The third-order valence-electron chi connectivity index (χ3n) is 5.36. The molecule has 4 rings (SSSR count). The number of hydrogen-bond donors (Lipinski definition) is 1. The van der Waals surface area contributed by atoms with Gasteiger partial charge in [0.1, 0.15) is 17.6 Å². The lowest BCUT2D eigenvalue weighted by atomic mass is 9.96. The maximum atomic E-state index is 13.1. The number of halogens is 1. The Morgan fingerprint density at radius 2 is 1.81 bits per heavy atom. The van der Waals surface area contributed by atoms with Crippen LogP contribution in [0.5, 0.6) is 5.75 Å². The molecule has 2 aromatic carbocycles. The molecule has 1 aliphatic heterocycles. The highest BCUT2D eigenvalue weighted by molar-refractivity contribution is 7.10. The average Bonchev–Trinajstić information content (AvgIpc) is 3.37. The van der Waals surface area contributed by atoms with Gasteiger partial charge in [-0.3, -0.25) is 14.5 Å². The van der Waals surface area contributed by atoms with Gasteiger partial charge in [-0.1, -0.05) is 17.7 Å². The quantitative estimate of drug-likeness (QED) is 0.315. The van der Waals surface area contributed by atoms with Crippen molar-refractivity contribution in [2.45, 2.75) is 19.9 Å². The minimum Gasteiger partial charge on any atom is -0.507 e. The number of aliphatic hydroxyl groups excluding tert-OH is 1. The molecule has 158 valence electrons. The Hall–Kier alpha value is -3.09. The maximum absolute atomic E-state index is 13.1. The van der Waals surface area contributed by atoms with Crippen molar-refractivity contribution >= 4 is 46.1 Å². The van der Waals surface area contributed by atoms with Crippen molar-refractivity contribution in [1.29, 1.82) is 0 Å². The Morgan fingerprint density at radius 3 is 2.42 bits per heavy atom. The van der Waals surface area contributed by atoms with Crippen molar-refractivity contribution < 1.29 is 19.4 Å². The Balaban J connectivity index is 1.94. The summed E-state index contributed by atoms with van der Waals surface area (Å²) >= 11 is 7.43. The van der Waals surface area contributed by atoms with E-state index in [-0.39, 0.29) is 11.3 Å². The summed E-state index contributed by atoms with van der Waals surface area (Å²) in [7, 11) is 1.58. The third kappa shape index (κ3) is 3.62. The lowest BCUT2D eigenvalue weighted by molar-refractivity contribution is -0.132. The van der Waals surface area contributed by atoms with E-state index in [9.17, 15) is 14.7 Å². The first-order chi connectivity index (χ1) is 14.8. The number of rotatable bonds is 4. The first kappa shape index (κ1) is 21.2. The summed E-state index contributed by atoms with van der Waals surface area (Å²) in [5.41, 5.74) is 2.65. The van der Waals surface area contributed by atoms with Gasteiger partial charge in [-0.2, -0.15) is 0 Å². The molecule has 1 atom stereocenters. The number of aliphatic hydroxyl groups is 1. The number of amides is 1. The second-order valence-electron chi connectivity index (χ2n) is 7.30. The number of Topliss-reactive ketones (excluding diaryl/α,β-unsaturated/α-hetero) is 1. The molecule has 1 amide bonds. The molecule has 1 unspecified atom stereocenters. The van der Waals surface area contributed by atoms with Crippen LogP contribution in [0.15, 0.2) is 59.5 Å². The smallest absolute Gasteiger partial charge is 0.300 e. The molecule has 1 N–H and O–H groups in total. The molecular weight excluding hydrogens is 434 g/mol. The highest BCUT2D eigenvalue weighted by atomic mass is 35.5. The zero-order chi connectivity index (χ0) is 22.3. The number of carbonyl (C=O) groups excluding carboxylic acids is 2. The molecule has 1 aromatic heterocycles. The van der Waals surface area contributed by atoms with Crippen molar-refractivity contribution in [1.82, 2.24) is 0 Å². The predicted molar refractivity (Wildman–Crippen MR) is 123 cm³/mol. The average molecular weight is 454 g/mol. The van der Waals surface area contributed by atoms with Crippen molar-refractivity contribution in [2.75, 3.05) is 12.0 Å². The molecule has 0 saturated carbocycles. The summed E-state index contributed by atoms with van der Waals surface area (Å²) in [5.74, 6) is -0.925. The highest BCUT2D eigenvalue weighted by Gasteiger charge is 2.47. The van der Waals surface area contributed by atoms with Crippen LogP contribution in [0.25, 0.3) is 5.76 Å². The van der Waals surface area contributed by atoms with Crippen LogP contribution < -0.4 is 9.64 Å². The number of ketones is 1. The molecule has 1 saturated heterocycles. The molecule has 1 fully saturated rings. The second kappa shape index (κ2) is 8.21. The molecule has 0 spiro atoms. The van der Waals surface area contributed by atoms with Gasteiger partial charge in [-0.25, -0.2) is 0 Å². The van der Waals surface area contributed by atoms with E-state index >= 15 is 0 Å². The Kier molecular flexibility index (Phi) is 5.60. The third-order valence-corrected chi connectivity index (χ3v) is 6.54. The fraction of sp³-hybridized carbons (Fsp3) is 0.167. The molecular formula is C24H20ClNO4S. The first-order valence-corrected chi connectivity index (χ1v) is 10.8. The monoisotopic (exact) mass is 453 g/mol. The van der Waals surface area contributed by atoms with Gasteiger partial charge in [-0.05, 0) is 72.8 Å². The van der Waals surface area contributed by atoms with Crippen LogP contribution in [0.1, 0.15) is 27.6 Å². The minimum atomic E-state index is -0.733. The Bertz CT molecular complexity index is 1200. The lowest BCUT2D eigenvalue weighted by Gasteiger charge is -2.24. The van der Waals surface area contributed by atoms with Crippen molar-refractivity contribution in [3.63, 3.8) is 0 Å². The molecule has 5 nitrogen and oxygen atoms in total. The number of thiophene rings is 1. The molecule has 0 bridgehead atoms. The van der Waals surface area contributed by atoms with Gasteiger partial charge in [0.15, 0.2) is 0 Å². The van der Waals surface area contributed by atoms with E-state index in [1.54, 1.807) is 43.5 Å². The highest BCUT2D eigenvalue weighted by Crippen LogP contribution is 2.44. The number of methoxy groups -OCH3 is 1. The van der Waals surface area contributed by atoms with E-state index in [2.05, 4.69) is 0 Å². The maximum Gasteiger partial charge on any atom is 0.300 e. The standard InChI is InChI=1S/C24H20ClNO4S/c1-13-12-18(30-3)14(2)11-17(13)22(27)20-21(19-5-4-10-31-19)26(24(29)23(20)28)16-8-6-15(25)7-9-16/h4-12,21,27H,1-3H3/b22-20-. The number of ether oxygens (including phenoxy) is 1. The van der Waals surface area contributed by atoms with Gasteiger partial charge in [0, 0.05) is 21.2 Å². The van der Waals surface area contributed by atoms with E-state index in [0.29, 0.717) is 22.0 Å². The molecule has 31 heavy (non-hydrogen) atoms. The van der Waals surface area contributed by atoms with Crippen LogP contribution in [0.4, 0.5) is 5.69 Å². The summed E-state index contributed by atoms with van der Waals surface area (Å²) < 4.78 is 5.35. The second-order valence-corrected chi connectivity index (χ2v) is 8.71. The van der Waals surface area contributed by atoms with Crippen LogP contribution in [-0.4, -0.2) is 23.9 Å². The number of aryl methyl sites for hydroxylation is 2. The molecule has 2 heterocycles. The number of benzene rings is 2. The van der Waals surface area contributed by atoms with E-state index in [0.717, 1.165) is 16.0 Å². The van der Waals surface area contributed by atoms with Crippen LogP contribution in [0, 0.1) is 13.8 Å². The van der Waals surface area contributed by atoms with Gasteiger partial charge < -0.3 is 9.84 Å². The summed E-state index contributed by atoms with van der Waals surface area (Å²) in [4.78, 5) is 28.4. The topological polar surface area (TPSA) is 66.8 Å². The SMILES string of the molecule is COc1cc(C)c(/C(O)=C2/C(=O)C(=O)N(c3ccc(Cl)cc3)C2c2cccs2)cc1C. The molecule has 7 heteroatoms. The summed E-state index contributed by atoms with van der Waals surface area (Å²) in [5, 5.41) is 13.7. The lowest BCUT2D eigenvalue weighted by Crippen LogP contribution is -2.29. The fourth-order valence-electron chi connectivity index (χ4n) is 3.83. The van der Waals surface area contributed by atoms with Gasteiger partial charge in [0.2, 0.25) is 0 Å². The Morgan fingerprint density at radius 1 is 1.10 bits per heavy atom. The van der Waals surface area contributed by atoms with E-state index in [1.165, 1.54) is 16.2 Å². The number of carbonyl (C=O) groups is 2. The van der Waals surface area contributed by atoms with Crippen LogP contribution in [-0.2, 0) is 9.59 Å². The van der Waals surface area contributed by atoms with Gasteiger partial charge in [-0.15, -0.1) is 11.3 Å². The number of anilines is 1. The Labute approximate surface area is 189 Å². The van der Waals surface area contributed by atoms with Crippen LogP contribution in [0.2, 0.25) is 5.02 Å². The van der Waals surface area contributed by atoms with Crippen molar-refractivity contribution in [3.05, 3.63) is 86.1 Å². The molecule has 0 radical (unpaired) electrons. The van der Waals surface area contributed by atoms with Crippen LogP contribution in [0.3, 0.4) is 0 Å². The largest absolute Gasteiger partial charge is 0.507 e. The van der Waals surface area contributed by atoms with Gasteiger partial charge >= 0.3 is 0 Å². The molecule has 1 aliphatic rings. The number of nitrogens with zero attached hydrogens (tertiary/aromatic N) is 1. The van der Waals surface area contributed by atoms with E-state index < -0.39 is 17.7 Å².